The molecule has 1 fully saturated rings. The molecular formula is C22H26N6O. The molecule has 2 heterocycles. The van der Waals surface area contributed by atoms with Crippen LogP contribution in [-0.4, -0.2) is 48.5 Å². The molecule has 4 rings (SSSR count). The predicted molar refractivity (Wildman–Crippen MR) is 116 cm³/mol. The molecule has 0 bridgehead atoms. The van der Waals surface area contributed by atoms with E-state index >= 15 is 0 Å². The van der Waals surface area contributed by atoms with Gasteiger partial charge in [0.2, 0.25) is 5.95 Å². The summed E-state index contributed by atoms with van der Waals surface area (Å²) in [5.41, 5.74) is 4.56. The van der Waals surface area contributed by atoms with Gasteiger partial charge in [0.05, 0.1) is 19.0 Å². The number of piperazine rings is 1. The van der Waals surface area contributed by atoms with Crippen LogP contribution in [0.2, 0.25) is 0 Å². The molecule has 1 aromatic heterocycles. The van der Waals surface area contributed by atoms with Crippen LogP contribution in [0.4, 0.5) is 23.1 Å². The van der Waals surface area contributed by atoms with Gasteiger partial charge in [0.1, 0.15) is 5.75 Å². The van der Waals surface area contributed by atoms with E-state index in [9.17, 15) is 0 Å². The van der Waals surface area contributed by atoms with Gasteiger partial charge in [-0.3, -0.25) is 0 Å². The fourth-order valence-corrected chi connectivity index (χ4v) is 3.54. The Hall–Kier alpha value is -3.35. The van der Waals surface area contributed by atoms with Gasteiger partial charge in [-0.15, -0.1) is 5.10 Å². The van der Waals surface area contributed by atoms with E-state index in [1.54, 1.807) is 13.3 Å². The van der Waals surface area contributed by atoms with Crippen LogP contribution >= 0.6 is 0 Å². The molecule has 0 atom stereocenters. The smallest absolute Gasteiger partial charge is 0.247 e. The molecule has 3 aromatic rings. The van der Waals surface area contributed by atoms with Crippen LogP contribution < -0.4 is 19.9 Å². The lowest BCUT2D eigenvalue weighted by Gasteiger charge is -2.36. The maximum absolute atomic E-state index is 5.44. The van der Waals surface area contributed by atoms with Crippen molar-refractivity contribution in [2.45, 2.75) is 13.8 Å². The summed E-state index contributed by atoms with van der Waals surface area (Å²) in [5.74, 6) is 2.06. The predicted octanol–water partition coefficient (Wildman–Crippen LogP) is 3.57. The SMILES string of the molecule is COc1ccc(C)cc1Nc1cnnc(N2CCN(c3cccc(C)c3)CC2)n1. The van der Waals surface area contributed by atoms with E-state index in [0.717, 1.165) is 43.2 Å². The van der Waals surface area contributed by atoms with Crippen molar-refractivity contribution in [3.05, 3.63) is 59.8 Å². The molecule has 150 valence electrons. The number of methoxy groups -OCH3 is 1. The summed E-state index contributed by atoms with van der Waals surface area (Å²) in [6, 6.07) is 14.6. The number of rotatable bonds is 5. The molecule has 29 heavy (non-hydrogen) atoms. The average Bonchev–Trinajstić information content (AvgIpc) is 2.74. The molecule has 0 saturated carbocycles. The normalized spacial score (nSPS) is 14.0. The minimum absolute atomic E-state index is 0.644. The zero-order valence-electron chi connectivity index (χ0n) is 17.1. The van der Waals surface area contributed by atoms with Crippen LogP contribution in [0.15, 0.2) is 48.7 Å². The largest absolute Gasteiger partial charge is 0.495 e. The molecule has 0 amide bonds. The third-order valence-electron chi connectivity index (χ3n) is 5.09. The average molecular weight is 390 g/mol. The molecule has 0 radical (unpaired) electrons. The third kappa shape index (κ3) is 4.39. The monoisotopic (exact) mass is 390 g/mol. The van der Waals surface area contributed by atoms with Crippen molar-refractivity contribution in [3.63, 3.8) is 0 Å². The molecule has 2 aromatic carbocycles. The van der Waals surface area contributed by atoms with E-state index in [2.05, 4.69) is 61.5 Å². The van der Waals surface area contributed by atoms with Gasteiger partial charge in [-0.05, 0) is 49.2 Å². The Morgan fingerprint density at radius 2 is 1.69 bits per heavy atom. The second-order valence-electron chi connectivity index (χ2n) is 7.28. The van der Waals surface area contributed by atoms with Gasteiger partial charge in [0.15, 0.2) is 5.82 Å². The Bertz CT molecular complexity index is 985. The van der Waals surface area contributed by atoms with Crippen LogP contribution in [0.1, 0.15) is 11.1 Å². The highest BCUT2D eigenvalue weighted by Crippen LogP contribution is 2.28. The number of aromatic nitrogens is 3. The first-order valence-corrected chi connectivity index (χ1v) is 9.80. The summed E-state index contributed by atoms with van der Waals surface area (Å²) < 4.78 is 5.44. The number of hydrogen-bond donors (Lipinski definition) is 1. The molecule has 7 nitrogen and oxygen atoms in total. The first kappa shape index (κ1) is 19.0. The first-order chi connectivity index (χ1) is 14.1. The van der Waals surface area contributed by atoms with E-state index in [-0.39, 0.29) is 0 Å². The number of anilines is 4. The Balaban J connectivity index is 1.45. The molecule has 1 aliphatic heterocycles. The first-order valence-electron chi connectivity index (χ1n) is 9.80. The summed E-state index contributed by atoms with van der Waals surface area (Å²) in [6.45, 7) is 7.73. The molecule has 0 aliphatic carbocycles. The molecule has 0 unspecified atom stereocenters. The molecule has 1 N–H and O–H groups in total. The maximum atomic E-state index is 5.44. The van der Waals surface area contributed by atoms with Crippen molar-refractivity contribution in [3.8, 4) is 5.75 Å². The van der Waals surface area contributed by atoms with E-state index in [1.165, 1.54) is 11.3 Å². The van der Waals surface area contributed by atoms with Crippen LogP contribution in [0.25, 0.3) is 0 Å². The molecule has 1 saturated heterocycles. The van der Waals surface area contributed by atoms with Gasteiger partial charge in [-0.25, -0.2) is 0 Å². The zero-order valence-corrected chi connectivity index (χ0v) is 17.1. The van der Waals surface area contributed by atoms with E-state index in [1.807, 2.05) is 25.1 Å². The number of ether oxygens (including phenoxy) is 1. The van der Waals surface area contributed by atoms with Crippen molar-refractivity contribution >= 4 is 23.1 Å². The Labute approximate surface area is 171 Å². The van der Waals surface area contributed by atoms with Gasteiger partial charge >= 0.3 is 0 Å². The van der Waals surface area contributed by atoms with Crippen LogP contribution in [-0.2, 0) is 0 Å². The second-order valence-corrected chi connectivity index (χ2v) is 7.28. The lowest BCUT2D eigenvalue weighted by Crippen LogP contribution is -2.47. The summed E-state index contributed by atoms with van der Waals surface area (Å²) >= 11 is 0. The van der Waals surface area contributed by atoms with Crippen molar-refractivity contribution in [1.29, 1.82) is 0 Å². The lowest BCUT2D eigenvalue weighted by atomic mass is 10.2. The van der Waals surface area contributed by atoms with E-state index in [4.69, 9.17) is 4.74 Å². The van der Waals surface area contributed by atoms with Crippen LogP contribution in [0.3, 0.4) is 0 Å². The minimum Gasteiger partial charge on any atom is -0.495 e. The maximum Gasteiger partial charge on any atom is 0.247 e. The summed E-state index contributed by atoms with van der Waals surface area (Å²) in [6.07, 6.45) is 1.63. The minimum atomic E-state index is 0.644. The molecule has 7 heteroatoms. The van der Waals surface area contributed by atoms with E-state index < -0.39 is 0 Å². The highest BCUT2D eigenvalue weighted by atomic mass is 16.5. The summed E-state index contributed by atoms with van der Waals surface area (Å²) in [7, 11) is 1.66. The number of nitrogens with zero attached hydrogens (tertiary/aromatic N) is 5. The van der Waals surface area contributed by atoms with Gasteiger partial charge in [-0.1, -0.05) is 18.2 Å². The van der Waals surface area contributed by atoms with Gasteiger partial charge < -0.3 is 19.9 Å². The van der Waals surface area contributed by atoms with Crippen molar-refractivity contribution < 1.29 is 4.74 Å². The zero-order chi connectivity index (χ0) is 20.2. The van der Waals surface area contributed by atoms with E-state index in [0.29, 0.717) is 11.8 Å². The molecule has 1 aliphatic rings. The third-order valence-corrected chi connectivity index (χ3v) is 5.09. The Kier molecular flexibility index (Phi) is 5.46. The lowest BCUT2D eigenvalue weighted by molar-refractivity contribution is 0.416. The van der Waals surface area contributed by atoms with Crippen molar-refractivity contribution in [1.82, 2.24) is 15.2 Å². The topological polar surface area (TPSA) is 66.4 Å². The van der Waals surface area contributed by atoms with Gasteiger partial charge in [-0.2, -0.15) is 10.1 Å². The summed E-state index contributed by atoms with van der Waals surface area (Å²) in [4.78, 5) is 9.25. The quantitative estimate of drug-likeness (QED) is 0.714. The summed E-state index contributed by atoms with van der Waals surface area (Å²) in [5, 5.41) is 11.7. The number of benzene rings is 2. The van der Waals surface area contributed by atoms with Crippen molar-refractivity contribution in [2.75, 3.05) is 48.4 Å². The second kappa shape index (κ2) is 8.34. The highest BCUT2D eigenvalue weighted by Gasteiger charge is 2.20. The van der Waals surface area contributed by atoms with Crippen molar-refractivity contribution in [2.24, 2.45) is 0 Å². The number of aryl methyl sites for hydroxylation is 2. The van der Waals surface area contributed by atoms with Gasteiger partial charge in [0, 0.05) is 31.9 Å². The highest BCUT2D eigenvalue weighted by molar-refractivity contribution is 5.65. The fraction of sp³-hybridized carbons (Fsp3) is 0.318. The van der Waals surface area contributed by atoms with Crippen LogP contribution in [0, 0.1) is 13.8 Å². The van der Waals surface area contributed by atoms with Crippen LogP contribution in [0.5, 0.6) is 5.75 Å². The fourth-order valence-electron chi connectivity index (χ4n) is 3.54. The number of hydrogen-bond acceptors (Lipinski definition) is 7. The Morgan fingerprint density at radius 3 is 2.45 bits per heavy atom. The molecule has 0 spiro atoms. The molecular weight excluding hydrogens is 364 g/mol. The standard InChI is InChI=1S/C22H26N6O/c1-16-5-4-6-18(13-16)27-9-11-28(12-10-27)22-25-21(15-23-26-22)24-19-14-17(2)7-8-20(19)29-3/h4-8,13-15H,9-12H2,1-3H3,(H,24,25,26). The van der Waals surface area contributed by atoms with Gasteiger partial charge in [0.25, 0.3) is 0 Å². The number of nitrogens with one attached hydrogen (secondary N) is 1. The Morgan fingerprint density at radius 1 is 0.931 bits per heavy atom.